The molecular weight excluding hydrogens is 286 g/mol. The minimum absolute atomic E-state index is 0.633. The van der Waals surface area contributed by atoms with Crippen LogP contribution in [0.2, 0.25) is 0 Å². The molecule has 0 bridgehead atoms. The van der Waals surface area contributed by atoms with Gasteiger partial charge in [-0.25, -0.2) is 9.97 Å². The third-order valence-electron chi connectivity index (χ3n) is 4.39. The highest BCUT2D eigenvalue weighted by Gasteiger charge is 2.16. The van der Waals surface area contributed by atoms with Gasteiger partial charge in [0.2, 0.25) is 0 Å². The summed E-state index contributed by atoms with van der Waals surface area (Å²) in [7, 11) is 0. The first-order chi connectivity index (χ1) is 11.3. The number of hydrogen-bond acceptors (Lipinski definition) is 5. The molecule has 1 fully saturated rings. The molecule has 1 saturated heterocycles. The second kappa shape index (κ2) is 7.31. The quantitative estimate of drug-likeness (QED) is 0.900. The average Bonchev–Trinajstić information content (AvgIpc) is 2.87. The molecule has 0 atom stereocenters. The molecular formula is C18H25N5. The SMILES string of the molecule is CCc1ccc(Nc2ncnc(N3CCCCCC3)c2N)cc1. The number of aryl methyl sites for hydroxylation is 1. The summed E-state index contributed by atoms with van der Waals surface area (Å²) in [5.41, 5.74) is 9.28. The summed E-state index contributed by atoms with van der Waals surface area (Å²) >= 11 is 0. The number of aromatic nitrogens is 2. The van der Waals surface area contributed by atoms with Crippen molar-refractivity contribution >= 4 is 23.0 Å². The number of anilines is 4. The van der Waals surface area contributed by atoms with E-state index in [4.69, 9.17) is 5.73 Å². The van der Waals surface area contributed by atoms with E-state index in [1.807, 2.05) is 0 Å². The van der Waals surface area contributed by atoms with Crippen molar-refractivity contribution < 1.29 is 0 Å². The van der Waals surface area contributed by atoms with Crippen molar-refractivity contribution in [1.29, 1.82) is 0 Å². The smallest absolute Gasteiger partial charge is 0.159 e. The molecule has 0 aliphatic carbocycles. The third kappa shape index (κ3) is 3.73. The Morgan fingerprint density at radius 2 is 1.74 bits per heavy atom. The van der Waals surface area contributed by atoms with Crippen molar-refractivity contribution in [3.63, 3.8) is 0 Å². The molecule has 23 heavy (non-hydrogen) atoms. The van der Waals surface area contributed by atoms with Crippen molar-refractivity contribution in [3.05, 3.63) is 36.2 Å². The van der Waals surface area contributed by atoms with Gasteiger partial charge < -0.3 is 16.0 Å². The summed E-state index contributed by atoms with van der Waals surface area (Å²) in [4.78, 5) is 11.0. The molecule has 0 radical (unpaired) electrons. The van der Waals surface area contributed by atoms with Gasteiger partial charge in [0.15, 0.2) is 11.6 Å². The lowest BCUT2D eigenvalue weighted by Gasteiger charge is -2.23. The van der Waals surface area contributed by atoms with Crippen molar-refractivity contribution in [1.82, 2.24) is 9.97 Å². The van der Waals surface area contributed by atoms with Gasteiger partial charge in [0.05, 0.1) is 0 Å². The Bertz CT molecular complexity index is 630. The molecule has 1 aliphatic heterocycles. The maximum atomic E-state index is 6.34. The van der Waals surface area contributed by atoms with Gasteiger partial charge in [-0.05, 0) is 37.0 Å². The predicted octanol–water partition coefficient (Wildman–Crippen LogP) is 3.75. The van der Waals surface area contributed by atoms with Crippen LogP contribution in [0, 0.1) is 0 Å². The van der Waals surface area contributed by atoms with Crippen molar-refractivity contribution in [2.45, 2.75) is 39.0 Å². The Kier molecular flexibility index (Phi) is 4.95. The normalized spacial score (nSPS) is 15.3. The van der Waals surface area contributed by atoms with Gasteiger partial charge in [-0.1, -0.05) is 31.9 Å². The van der Waals surface area contributed by atoms with E-state index in [9.17, 15) is 0 Å². The van der Waals surface area contributed by atoms with Crippen LogP contribution in [-0.4, -0.2) is 23.1 Å². The Hall–Kier alpha value is -2.30. The standard InChI is InChI=1S/C18H25N5/c1-2-14-7-9-15(10-8-14)22-17-16(19)18(21-13-20-17)23-11-5-3-4-6-12-23/h7-10,13H,2-6,11-12,19H2,1H3,(H,20,21,22). The predicted molar refractivity (Wildman–Crippen MR) is 96.2 cm³/mol. The van der Waals surface area contributed by atoms with Crippen LogP contribution < -0.4 is 16.0 Å². The van der Waals surface area contributed by atoms with Crippen LogP contribution in [0.25, 0.3) is 0 Å². The summed E-state index contributed by atoms with van der Waals surface area (Å²) in [6.07, 6.45) is 7.61. The number of hydrogen-bond donors (Lipinski definition) is 2. The molecule has 1 aromatic carbocycles. The van der Waals surface area contributed by atoms with Crippen LogP contribution >= 0.6 is 0 Å². The van der Waals surface area contributed by atoms with Gasteiger partial charge in [0.25, 0.3) is 0 Å². The molecule has 0 unspecified atom stereocenters. The zero-order valence-electron chi connectivity index (χ0n) is 13.8. The maximum absolute atomic E-state index is 6.34. The second-order valence-electron chi connectivity index (χ2n) is 6.04. The highest BCUT2D eigenvalue weighted by Crippen LogP contribution is 2.29. The molecule has 0 spiro atoms. The van der Waals surface area contributed by atoms with Crippen molar-refractivity contribution in [2.75, 3.05) is 29.0 Å². The lowest BCUT2D eigenvalue weighted by Crippen LogP contribution is -2.26. The molecule has 1 aromatic heterocycles. The van der Waals surface area contributed by atoms with Crippen LogP contribution in [-0.2, 0) is 6.42 Å². The molecule has 122 valence electrons. The highest BCUT2D eigenvalue weighted by atomic mass is 15.2. The van der Waals surface area contributed by atoms with Gasteiger partial charge in [-0.15, -0.1) is 0 Å². The minimum Gasteiger partial charge on any atom is -0.393 e. The first kappa shape index (κ1) is 15.6. The molecule has 1 aliphatic rings. The molecule has 0 amide bonds. The number of nitrogens with zero attached hydrogens (tertiary/aromatic N) is 3. The zero-order valence-corrected chi connectivity index (χ0v) is 13.8. The average molecular weight is 311 g/mol. The molecule has 5 nitrogen and oxygen atoms in total. The number of nitrogens with one attached hydrogen (secondary N) is 1. The van der Waals surface area contributed by atoms with E-state index in [2.05, 4.69) is 51.4 Å². The van der Waals surface area contributed by atoms with E-state index in [-0.39, 0.29) is 0 Å². The van der Waals surface area contributed by atoms with E-state index < -0.39 is 0 Å². The van der Waals surface area contributed by atoms with E-state index in [1.165, 1.54) is 31.2 Å². The van der Waals surface area contributed by atoms with Gasteiger partial charge in [0.1, 0.15) is 12.0 Å². The van der Waals surface area contributed by atoms with Gasteiger partial charge in [-0.3, -0.25) is 0 Å². The molecule has 2 heterocycles. The molecule has 2 aromatic rings. The molecule has 0 saturated carbocycles. The first-order valence-electron chi connectivity index (χ1n) is 8.49. The Balaban J connectivity index is 1.80. The third-order valence-corrected chi connectivity index (χ3v) is 4.39. The Labute approximate surface area is 137 Å². The van der Waals surface area contributed by atoms with E-state index >= 15 is 0 Å². The van der Waals surface area contributed by atoms with Crippen LogP contribution in [0.4, 0.5) is 23.0 Å². The van der Waals surface area contributed by atoms with Crippen LogP contribution in [0.1, 0.15) is 38.2 Å². The van der Waals surface area contributed by atoms with Gasteiger partial charge >= 0.3 is 0 Å². The summed E-state index contributed by atoms with van der Waals surface area (Å²) in [6, 6.07) is 8.36. The lowest BCUT2D eigenvalue weighted by molar-refractivity contribution is 0.726. The summed E-state index contributed by atoms with van der Waals surface area (Å²) in [5.74, 6) is 1.54. The van der Waals surface area contributed by atoms with Crippen LogP contribution in [0.15, 0.2) is 30.6 Å². The zero-order chi connectivity index (χ0) is 16.1. The van der Waals surface area contributed by atoms with Gasteiger partial charge in [-0.2, -0.15) is 0 Å². The molecule has 3 rings (SSSR count). The fraction of sp³-hybridized carbons (Fsp3) is 0.444. The van der Waals surface area contributed by atoms with Gasteiger partial charge in [0, 0.05) is 18.8 Å². The number of benzene rings is 1. The Morgan fingerprint density at radius 3 is 2.39 bits per heavy atom. The minimum atomic E-state index is 0.633. The fourth-order valence-corrected chi connectivity index (χ4v) is 2.98. The van der Waals surface area contributed by atoms with Crippen molar-refractivity contribution in [3.8, 4) is 0 Å². The molecule has 5 heteroatoms. The van der Waals surface area contributed by atoms with E-state index in [0.29, 0.717) is 11.5 Å². The maximum Gasteiger partial charge on any atom is 0.159 e. The number of rotatable bonds is 4. The van der Waals surface area contributed by atoms with Crippen LogP contribution in [0.5, 0.6) is 0 Å². The monoisotopic (exact) mass is 311 g/mol. The van der Waals surface area contributed by atoms with Crippen molar-refractivity contribution in [2.24, 2.45) is 0 Å². The Morgan fingerprint density at radius 1 is 1.04 bits per heavy atom. The lowest BCUT2D eigenvalue weighted by atomic mass is 10.1. The highest BCUT2D eigenvalue weighted by molar-refractivity contribution is 5.78. The van der Waals surface area contributed by atoms with E-state index in [0.717, 1.165) is 31.0 Å². The first-order valence-corrected chi connectivity index (χ1v) is 8.49. The summed E-state index contributed by atoms with van der Waals surface area (Å²) in [5, 5.41) is 3.32. The number of nitrogen functional groups attached to an aromatic ring is 1. The summed E-state index contributed by atoms with van der Waals surface area (Å²) < 4.78 is 0. The fourth-order valence-electron chi connectivity index (χ4n) is 2.98. The molecule has 3 N–H and O–H groups in total. The topological polar surface area (TPSA) is 67.1 Å². The van der Waals surface area contributed by atoms with E-state index in [1.54, 1.807) is 6.33 Å². The largest absolute Gasteiger partial charge is 0.393 e. The second-order valence-corrected chi connectivity index (χ2v) is 6.04. The number of nitrogens with two attached hydrogens (primary N) is 1. The van der Waals surface area contributed by atoms with Crippen LogP contribution in [0.3, 0.4) is 0 Å². The summed E-state index contributed by atoms with van der Waals surface area (Å²) in [6.45, 7) is 4.19.